The van der Waals surface area contributed by atoms with Crippen LogP contribution in [0.4, 0.5) is 4.39 Å². The lowest BCUT2D eigenvalue weighted by Crippen LogP contribution is -2.07. The van der Waals surface area contributed by atoms with Crippen LogP contribution in [-0.2, 0) is 0 Å². The van der Waals surface area contributed by atoms with Gasteiger partial charge in [-0.05, 0) is 47.7 Å². The maximum atomic E-state index is 13.5. The number of thiazole rings is 1. The minimum absolute atomic E-state index is 0.107. The number of aromatic nitrogens is 5. The Morgan fingerprint density at radius 2 is 2.10 bits per heavy atom. The first-order chi connectivity index (χ1) is 14.1. The van der Waals surface area contributed by atoms with E-state index in [0.29, 0.717) is 15.9 Å². The Morgan fingerprint density at radius 1 is 1.28 bits per heavy atom. The normalized spacial score (nSPS) is 13.1. The van der Waals surface area contributed by atoms with Crippen LogP contribution in [0, 0.1) is 17.1 Å². The summed E-state index contributed by atoms with van der Waals surface area (Å²) in [5.41, 5.74) is 1.33. The van der Waals surface area contributed by atoms with Crippen LogP contribution in [0.5, 0.6) is 0 Å². The van der Waals surface area contributed by atoms with Gasteiger partial charge in [0.2, 0.25) is 5.16 Å². The minimum Gasteiger partial charge on any atom is -0.510 e. The van der Waals surface area contributed by atoms with Gasteiger partial charge in [-0.25, -0.2) is 9.37 Å². The molecule has 0 amide bonds. The molecule has 0 bridgehead atoms. The molecule has 0 saturated heterocycles. The Bertz CT molecular complexity index is 1230. The number of thioether (sulfide) groups is 1. The summed E-state index contributed by atoms with van der Waals surface area (Å²) in [4.78, 5) is 4.44. The zero-order valence-electron chi connectivity index (χ0n) is 15.0. The molecule has 1 N–H and O–H groups in total. The van der Waals surface area contributed by atoms with Crippen LogP contribution in [0.25, 0.3) is 21.5 Å². The molecule has 10 heteroatoms. The molecule has 0 aliphatic carbocycles. The Hall–Kier alpha value is -3.29. The van der Waals surface area contributed by atoms with Crippen LogP contribution in [0.3, 0.4) is 0 Å². The van der Waals surface area contributed by atoms with Gasteiger partial charge in [0, 0.05) is 0 Å². The van der Waals surface area contributed by atoms with Gasteiger partial charge in [0.15, 0.2) is 0 Å². The maximum Gasteiger partial charge on any atom is 0.214 e. The molecule has 4 aromatic rings. The second kappa shape index (κ2) is 7.98. The second-order valence-electron chi connectivity index (χ2n) is 5.97. The first-order valence-electron chi connectivity index (χ1n) is 8.47. The number of nitrogens with zero attached hydrogens (tertiary/aromatic N) is 6. The van der Waals surface area contributed by atoms with Crippen molar-refractivity contribution in [2.24, 2.45) is 0 Å². The first kappa shape index (κ1) is 19.0. The van der Waals surface area contributed by atoms with Crippen molar-refractivity contribution in [3.05, 3.63) is 65.1 Å². The van der Waals surface area contributed by atoms with Gasteiger partial charge in [0.1, 0.15) is 28.2 Å². The number of allylic oxidation sites excluding steroid dienone is 1. The van der Waals surface area contributed by atoms with Gasteiger partial charge < -0.3 is 5.11 Å². The fraction of sp³-hybridized carbons (Fsp3) is 0.105. The highest BCUT2D eigenvalue weighted by atomic mass is 32.2. The molecule has 0 aliphatic heterocycles. The van der Waals surface area contributed by atoms with E-state index in [-0.39, 0.29) is 11.3 Å². The number of fused-ring (bicyclic) bond motifs is 1. The van der Waals surface area contributed by atoms with E-state index in [0.717, 1.165) is 22.0 Å². The van der Waals surface area contributed by atoms with Gasteiger partial charge >= 0.3 is 0 Å². The number of para-hydroxylation sites is 1. The number of benzene rings is 2. The van der Waals surface area contributed by atoms with E-state index in [4.69, 9.17) is 0 Å². The molecule has 4 rings (SSSR count). The molecule has 29 heavy (non-hydrogen) atoms. The van der Waals surface area contributed by atoms with E-state index < -0.39 is 11.1 Å². The molecule has 0 radical (unpaired) electrons. The van der Waals surface area contributed by atoms with Gasteiger partial charge in [-0.1, -0.05) is 30.0 Å². The quantitative estimate of drug-likeness (QED) is 0.288. The number of aliphatic hydroxyl groups excluding tert-OH is 1. The minimum atomic E-state index is -0.532. The van der Waals surface area contributed by atoms with Gasteiger partial charge in [0.05, 0.1) is 21.2 Å². The summed E-state index contributed by atoms with van der Waals surface area (Å²) in [7, 11) is 0. The summed E-state index contributed by atoms with van der Waals surface area (Å²) in [5, 5.41) is 32.1. The van der Waals surface area contributed by atoms with E-state index in [1.54, 1.807) is 19.1 Å². The number of nitriles is 1. The number of hydrogen-bond acceptors (Lipinski definition) is 8. The Morgan fingerprint density at radius 3 is 2.86 bits per heavy atom. The van der Waals surface area contributed by atoms with Crippen LogP contribution in [0.1, 0.15) is 11.9 Å². The molecule has 2 aromatic carbocycles. The van der Waals surface area contributed by atoms with Crippen molar-refractivity contribution >= 4 is 38.9 Å². The summed E-state index contributed by atoms with van der Waals surface area (Å²) < 4.78 is 15.8. The third-order valence-electron chi connectivity index (χ3n) is 4.04. The standard InChI is InChI=1S/C19H13FN6OS2/c1-11(28-19-23-24-25-26(19)13-6-4-5-12(20)9-13)17(27)14(10-21)18-22-15-7-2-3-8-16(15)29-18/h2-9,11,27H,1H3/b17-14-. The fourth-order valence-corrected chi connectivity index (χ4v) is 4.47. The number of rotatable bonds is 5. The summed E-state index contributed by atoms with van der Waals surface area (Å²) in [5.74, 6) is -0.530. The zero-order valence-corrected chi connectivity index (χ0v) is 16.7. The molecule has 1 atom stereocenters. The van der Waals surface area contributed by atoms with E-state index in [1.807, 2.05) is 30.3 Å². The largest absolute Gasteiger partial charge is 0.510 e. The average molecular weight is 424 g/mol. The SMILES string of the molecule is CC(Sc1nnnn1-c1cccc(F)c1)/C(O)=C(\C#N)c1nc2ccccc2s1. The van der Waals surface area contributed by atoms with Gasteiger partial charge in [-0.15, -0.1) is 16.4 Å². The number of tetrazole rings is 1. The third-order valence-corrected chi connectivity index (χ3v) is 6.13. The number of hydrogen-bond donors (Lipinski definition) is 1. The lowest BCUT2D eigenvalue weighted by Gasteiger charge is -2.11. The van der Waals surface area contributed by atoms with E-state index in [9.17, 15) is 14.8 Å². The van der Waals surface area contributed by atoms with Crippen molar-refractivity contribution in [1.29, 1.82) is 5.26 Å². The van der Waals surface area contributed by atoms with Crippen LogP contribution < -0.4 is 0 Å². The fourth-order valence-electron chi connectivity index (χ4n) is 2.63. The molecule has 1 unspecified atom stereocenters. The predicted octanol–water partition coefficient (Wildman–Crippen LogP) is 4.38. The van der Waals surface area contributed by atoms with Gasteiger partial charge in [-0.3, -0.25) is 0 Å². The van der Waals surface area contributed by atoms with Crippen molar-refractivity contribution in [3.63, 3.8) is 0 Å². The van der Waals surface area contributed by atoms with Crippen molar-refractivity contribution in [2.45, 2.75) is 17.3 Å². The van der Waals surface area contributed by atoms with Gasteiger partial charge in [0.25, 0.3) is 0 Å². The lowest BCUT2D eigenvalue weighted by atomic mass is 10.2. The highest BCUT2D eigenvalue weighted by Crippen LogP contribution is 2.33. The van der Waals surface area contributed by atoms with E-state index in [1.165, 1.54) is 28.2 Å². The molecular formula is C19H13FN6OS2. The van der Waals surface area contributed by atoms with Crippen LogP contribution in [-0.4, -0.2) is 35.5 Å². The predicted molar refractivity (Wildman–Crippen MR) is 109 cm³/mol. The zero-order chi connectivity index (χ0) is 20.4. The molecule has 2 aromatic heterocycles. The van der Waals surface area contributed by atoms with Crippen LogP contribution >= 0.6 is 23.1 Å². The number of aliphatic hydroxyl groups is 1. The maximum absolute atomic E-state index is 13.5. The van der Waals surface area contributed by atoms with Crippen LogP contribution in [0.15, 0.2) is 59.4 Å². The van der Waals surface area contributed by atoms with Crippen molar-refractivity contribution in [3.8, 4) is 11.8 Å². The Labute approximate surface area is 173 Å². The summed E-state index contributed by atoms with van der Waals surface area (Å²) in [6.07, 6.45) is 0. The summed E-state index contributed by atoms with van der Waals surface area (Å²) >= 11 is 2.49. The highest BCUT2D eigenvalue weighted by Gasteiger charge is 2.22. The van der Waals surface area contributed by atoms with Crippen molar-refractivity contribution < 1.29 is 9.50 Å². The third kappa shape index (κ3) is 3.83. The first-order valence-corrected chi connectivity index (χ1v) is 10.2. The second-order valence-corrected chi connectivity index (χ2v) is 8.31. The highest BCUT2D eigenvalue weighted by molar-refractivity contribution is 7.99. The smallest absolute Gasteiger partial charge is 0.214 e. The monoisotopic (exact) mass is 424 g/mol. The molecule has 0 fully saturated rings. The molecular weight excluding hydrogens is 411 g/mol. The lowest BCUT2D eigenvalue weighted by molar-refractivity contribution is 0.402. The van der Waals surface area contributed by atoms with E-state index >= 15 is 0 Å². The Balaban J connectivity index is 1.65. The van der Waals surface area contributed by atoms with Crippen molar-refractivity contribution in [2.75, 3.05) is 0 Å². The summed E-state index contributed by atoms with van der Waals surface area (Å²) in [6, 6.07) is 15.4. The van der Waals surface area contributed by atoms with Crippen molar-refractivity contribution in [1.82, 2.24) is 25.2 Å². The van der Waals surface area contributed by atoms with Gasteiger partial charge in [-0.2, -0.15) is 9.94 Å². The molecule has 7 nitrogen and oxygen atoms in total. The average Bonchev–Trinajstić information content (AvgIpc) is 3.35. The Kier molecular flexibility index (Phi) is 5.24. The number of halogens is 1. The molecule has 2 heterocycles. The molecule has 0 aliphatic rings. The van der Waals surface area contributed by atoms with E-state index in [2.05, 4.69) is 20.5 Å². The molecule has 0 spiro atoms. The molecule has 144 valence electrons. The van der Waals surface area contributed by atoms with Crippen LogP contribution in [0.2, 0.25) is 0 Å². The summed E-state index contributed by atoms with van der Waals surface area (Å²) in [6.45, 7) is 1.73. The molecule has 0 saturated carbocycles. The topological polar surface area (TPSA) is 101 Å².